The molecule has 288 valence electrons. The maximum Gasteiger partial charge on any atom is 0.397 e. The van der Waals surface area contributed by atoms with E-state index in [1.807, 2.05) is 0 Å². The molecule has 0 saturated heterocycles. The largest absolute Gasteiger partial charge is 0.397 e. The lowest BCUT2D eigenvalue weighted by Gasteiger charge is -2.20. The fraction of sp³-hybridized carbons (Fsp3) is 0.949. The Morgan fingerprint density at radius 2 is 0.688 bits per heavy atom. The normalized spacial score (nSPS) is 11.4. The Kier molecular flexibility index (Phi) is 39.6. The number of hydrogen-bond acceptors (Lipinski definition) is 6. The summed E-state index contributed by atoms with van der Waals surface area (Å²) in [5.41, 5.74) is 0. The molecule has 0 saturated carbocycles. The van der Waals surface area contributed by atoms with Gasteiger partial charge < -0.3 is 5.11 Å². The van der Waals surface area contributed by atoms with E-state index in [0.29, 0.717) is 12.8 Å². The van der Waals surface area contributed by atoms with Gasteiger partial charge in [-0.15, -0.1) is 0 Å². The van der Waals surface area contributed by atoms with Crippen LogP contribution in [0.2, 0.25) is 0 Å². The quantitative estimate of drug-likeness (QED) is 0.0497. The monoisotopic (exact) mass is 706 g/mol. The maximum atomic E-state index is 12.7. The molecule has 48 heavy (non-hydrogen) atoms. The first-order chi connectivity index (χ1) is 23.2. The van der Waals surface area contributed by atoms with Gasteiger partial charge in [-0.2, -0.15) is 8.42 Å². The molecule has 0 aliphatic carbocycles. The predicted octanol–water partition coefficient (Wildman–Crippen LogP) is 11.3. The van der Waals surface area contributed by atoms with Gasteiger partial charge in [-0.3, -0.25) is 23.2 Å². The number of carbonyl (C=O) groups excluding carboxylic acids is 2. The second-order valence-corrected chi connectivity index (χ2v) is 14.8. The molecule has 0 aromatic heterocycles. The molecule has 0 fully saturated rings. The van der Waals surface area contributed by atoms with E-state index in [1.165, 1.54) is 172 Å². The number of rotatable bonds is 35. The molecule has 0 bridgehead atoms. The van der Waals surface area contributed by atoms with Crippen LogP contribution in [-0.2, 0) is 24.2 Å². The van der Waals surface area contributed by atoms with Gasteiger partial charge in [0, 0.05) is 12.8 Å². The van der Waals surface area contributed by atoms with Crippen molar-refractivity contribution in [3.8, 4) is 0 Å². The van der Waals surface area contributed by atoms with Gasteiger partial charge in [0.15, 0.2) is 0 Å². The van der Waals surface area contributed by atoms with E-state index >= 15 is 0 Å². The predicted molar refractivity (Wildman–Crippen MR) is 201 cm³/mol. The molecular weight excluding hydrogens is 626 g/mol. The summed E-state index contributed by atoms with van der Waals surface area (Å²) in [5.74, 6) is -0.186. The second-order valence-electron chi connectivity index (χ2n) is 13.7. The van der Waals surface area contributed by atoms with E-state index < -0.39 is 10.4 Å². The molecule has 0 rings (SSSR count). The molecular formula is C39H79NO7S. The van der Waals surface area contributed by atoms with Crippen LogP contribution in [0.5, 0.6) is 0 Å². The Bertz CT molecular complexity index is 745. The number of aliphatic hydroxyl groups is 1. The average Bonchev–Trinajstić information content (AvgIpc) is 3.06. The van der Waals surface area contributed by atoms with Crippen molar-refractivity contribution < 1.29 is 31.8 Å². The summed E-state index contributed by atoms with van der Waals surface area (Å²) in [6.45, 7) is 4.56. The third-order valence-electron chi connectivity index (χ3n) is 9.12. The summed E-state index contributed by atoms with van der Waals surface area (Å²) in [7, 11) is -3.29. The molecule has 0 unspecified atom stereocenters. The van der Waals surface area contributed by atoms with Gasteiger partial charge in [0.2, 0.25) is 11.8 Å². The van der Waals surface area contributed by atoms with Crippen molar-refractivity contribution in [3.05, 3.63) is 0 Å². The van der Waals surface area contributed by atoms with E-state index in [9.17, 15) is 23.1 Å². The van der Waals surface area contributed by atoms with Crippen molar-refractivity contribution in [2.45, 2.75) is 219 Å². The molecule has 0 heterocycles. The number of unbranched alkanes of at least 4 members (excludes halogenated alkanes) is 28. The number of imide groups is 1. The van der Waals surface area contributed by atoms with Crippen LogP contribution in [0.15, 0.2) is 0 Å². The summed E-state index contributed by atoms with van der Waals surface area (Å²) in [4.78, 5) is 26.7. The van der Waals surface area contributed by atoms with Gasteiger partial charge >= 0.3 is 10.4 Å². The zero-order valence-electron chi connectivity index (χ0n) is 31.8. The molecule has 0 aromatic rings. The van der Waals surface area contributed by atoms with Crippen molar-refractivity contribution in [2.24, 2.45) is 0 Å². The molecule has 0 spiro atoms. The SMILES string of the molecule is CCCCCCCCCCCCCCCCCC(=O)N(CCO)C(=O)CCCCCCCCCCCCCCCCC.COS(=O)(=O)O. The van der Waals surface area contributed by atoms with Crippen molar-refractivity contribution in [2.75, 3.05) is 20.3 Å². The first-order valence-electron chi connectivity index (χ1n) is 20.2. The first-order valence-corrected chi connectivity index (χ1v) is 21.6. The highest BCUT2D eigenvalue weighted by Crippen LogP contribution is 2.16. The van der Waals surface area contributed by atoms with Gasteiger partial charge in [-0.05, 0) is 12.8 Å². The Balaban J connectivity index is 0. The summed E-state index contributed by atoms with van der Waals surface area (Å²) in [6.07, 6.45) is 39.9. The highest BCUT2D eigenvalue weighted by atomic mass is 32.3. The third kappa shape index (κ3) is 39.4. The van der Waals surface area contributed by atoms with Crippen LogP contribution in [0.4, 0.5) is 0 Å². The molecule has 0 atom stereocenters. The zero-order valence-corrected chi connectivity index (χ0v) is 32.6. The van der Waals surface area contributed by atoms with Gasteiger partial charge in [0.25, 0.3) is 0 Å². The standard InChI is InChI=1S/C38H75NO3.CH4O4S/c1-3-5-7-9-11-13-15-17-19-21-23-25-27-29-31-33-37(41)39(35-36-40)38(42)34-32-30-28-26-24-22-20-18-16-14-12-10-8-6-4-2;1-5-6(2,3)4/h40H,3-36H2,1-2H3;1H3,(H,2,3,4). The van der Waals surface area contributed by atoms with Crippen molar-refractivity contribution in [1.82, 2.24) is 4.90 Å². The van der Waals surface area contributed by atoms with Crippen molar-refractivity contribution in [3.63, 3.8) is 0 Å². The highest BCUT2D eigenvalue weighted by Gasteiger charge is 2.19. The Morgan fingerprint density at radius 3 is 0.875 bits per heavy atom. The van der Waals surface area contributed by atoms with E-state index in [0.717, 1.165) is 32.8 Å². The maximum absolute atomic E-state index is 12.7. The number of carbonyl (C=O) groups is 2. The fourth-order valence-corrected chi connectivity index (χ4v) is 6.05. The van der Waals surface area contributed by atoms with Crippen molar-refractivity contribution >= 4 is 22.2 Å². The van der Waals surface area contributed by atoms with Crippen LogP contribution in [0, 0.1) is 0 Å². The van der Waals surface area contributed by atoms with Gasteiger partial charge in [0.1, 0.15) is 0 Å². The third-order valence-corrected chi connectivity index (χ3v) is 9.55. The lowest BCUT2D eigenvalue weighted by molar-refractivity contribution is -0.145. The molecule has 0 radical (unpaired) electrons. The molecule has 0 aliphatic rings. The van der Waals surface area contributed by atoms with Crippen LogP contribution < -0.4 is 0 Å². The minimum Gasteiger partial charge on any atom is -0.395 e. The van der Waals surface area contributed by atoms with Crippen LogP contribution in [0.1, 0.15) is 219 Å². The number of aliphatic hydroxyl groups excluding tert-OH is 1. The first kappa shape index (κ1) is 49.1. The van der Waals surface area contributed by atoms with Crippen LogP contribution in [0.25, 0.3) is 0 Å². The lowest BCUT2D eigenvalue weighted by Crippen LogP contribution is -2.38. The number of nitrogens with zero attached hydrogens (tertiary/aromatic N) is 1. The Morgan fingerprint density at radius 1 is 0.479 bits per heavy atom. The van der Waals surface area contributed by atoms with Crippen LogP contribution >= 0.6 is 0 Å². The average molecular weight is 706 g/mol. The summed E-state index contributed by atoms with van der Waals surface area (Å²) in [6, 6.07) is 0. The van der Waals surface area contributed by atoms with E-state index in [2.05, 4.69) is 18.0 Å². The van der Waals surface area contributed by atoms with Gasteiger partial charge in [-0.25, -0.2) is 0 Å². The molecule has 9 heteroatoms. The molecule has 2 amide bonds. The van der Waals surface area contributed by atoms with E-state index in [-0.39, 0.29) is 25.0 Å². The van der Waals surface area contributed by atoms with Crippen LogP contribution in [0.3, 0.4) is 0 Å². The number of amides is 2. The van der Waals surface area contributed by atoms with E-state index in [1.54, 1.807) is 0 Å². The Labute approximate surface area is 297 Å². The molecule has 8 nitrogen and oxygen atoms in total. The van der Waals surface area contributed by atoms with Gasteiger partial charge in [-0.1, -0.05) is 194 Å². The van der Waals surface area contributed by atoms with Crippen LogP contribution in [-0.4, -0.2) is 55.1 Å². The smallest absolute Gasteiger partial charge is 0.395 e. The van der Waals surface area contributed by atoms with Gasteiger partial charge in [0.05, 0.1) is 20.3 Å². The Hall–Kier alpha value is -1.03. The minimum atomic E-state index is -4.16. The fourth-order valence-electron chi connectivity index (χ4n) is 6.05. The summed E-state index contributed by atoms with van der Waals surface area (Å²) in [5, 5.41) is 9.40. The highest BCUT2D eigenvalue weighted by molar-refractivity contribution is 7.80. The molecule has 0 aliphatic heterocycles. The minimum absolute atomic E-state index is 0.0929. The molecule has 0 aromatic carbocycles. The summed E-state index contributed by atoms with van der Waals surface area (Å²) >= 11 is 0. The summed E-state index contributed by atoms with van der Waals surface area (Å²) < 4.78 is 29.7. The van der Waals surface area contributed by atoms with Crippen molar-refractivity contribution in [1.29, 1.82) is 0 Å². The molecule has 2 N–H and O–H groups in total. The topological polar surface area (TPSA) is 121 Å². The number of hydrogen-bond donors (Lipinski definition) is 2. The zero-order chi connectivity index (χ0) is 36.0. The second kappa shape index (κ2) is 38.8. The lowest BCUT2D eigenvalue weighted by atomic mass is 10.0. The van der Waals surface area contributed by atoms with E-state index in [4.69, 9.17) is 4.55 Å².